The smallest absolute Gasteiger partial charge is 0.220 e. The maximum Gasteiger partial charge on any atom is 0.220 e. The van der Waals surface area contributed by atoms with Gasteiger partial charge in [0.2, 0.25) is 5.91 Å². The molecule has 0 rings (SSSR count). The van der Waals surface area contributed by atoms with Gasteiger partial charge in [0.1, 0.15) is 6.10 Å². The van der Waals surface area contributed by atoms with Crippen molar-refractivity contribution in [3.05, 3.63) is 0 Å². The van der Waals surface area contributed by atoms with Gasteiger partial charge in [-0.15, -0.1) is 0 Å². The van der Waals surface area contributed by atoms with Crippen molar-refractivity contribution in [3.8, 4) is 0 Å². The van der Waals surface area contributed by atoms with Crippen molar-refractivity contribution < 1.29 is 20.1 Å². The normalized spacial score (nSPS) is 13.3. The van der Waals surface area contributed by atoms with Crippen LogP contribution >= 0.6 is 0 Å². The van der Waals surface area contributed by atoms with Crippen LogP contribution in [0.2, 0.25) is 0 Å². The van der Waals surface area contributed by atoms with Gasteiger partial charge in [0.25, 0.3) is 0 Å². The number of carbonyl (C=O) groups is 1. The highest BCUT2D eigenvalue weighted by Gasteiger charge is 2.26. The number of nitrogens with one attached hydrogen (secondary N) is 1. The maximum atomic E-state index is 12.5. The summed E-state index contributed by atoms with van der Waals surface area (Å²) in [5.41, 5.74) is 0. The van der Waals surface area contributed by atoms with Crippen LogP contribution in [0.25, 0.3) is 0 Å². The first kappa shape index (κ1) is 55.4. The van der Waals surface area contributed by atoms with Gasteiger partial charge in [0.15, 0.2) is 0 Å². The van der Waals surface area contributed by atoms with E-state index in [2.05, 4.69) is 19.2 Å². The summed E-state index contributed by atoms with van der Waals surface area (Å²) in [5.74, 6) is -0.137. The lowest BCUT2D eigenvalue weighted by atomic mass is 9.99. The Morgan fingerprint density at radius 2 is 0.607 bits per heavy atom. The van der Waals surface area contributed by atoms with E-state index in [1.807, 2.05) is 0 Å². The van der Waals surface area contributed by atoms with Gasteiger partial charge in [-0.1, -0.05) is 277 Å². The second-order valence-electron chi connectivity index (χ2n) is 18.1. The number of amides is 1. The predicted octanol–water partition coefficient (Wildman–Crippen LogP) is 15.4. The van der Waals surface area contributed by atoms with Gasteiger partial charge >= 0.3 is 0 Å². The Kier molecular flexibility index (Phi) is 46.5. The van der Waals surface area contributed by atoms with E-state index in [9.17, 15) is 20.1 Å². The summed E-state index contributed by atoms with van der Waals surface area (Å²) >= 11 is 0. The van der Waals surface area contributed by atoms with E-state index >= 15 is 0 Å². The minimum atomic E-state index is -1.13. The van der Waals surface area contributed by atoms with Crippen LogP contribution in [0.3, 0.4) is 0 Å². The Labute approximate surface area is 351 Å². The molecule has 0 aromatic heterocycles. The van der Waals surface area contributed by atoms with Crippen LogP contribution in [0.1, 0.15) is 296 Å². The molecule has 0 bridgehead atoms. The van der Waals surface area contributed by atoms with Crippen molar-refractivity contribution in [1.82, 2.24) is 5.32 Å². The number of hydrogen-bond acceptors (Lipinski definition) is 4. The quantitative estimate of drug-likeness (QED) is 0.0462. The van der Waals surface area contributed by atoms with Crippen LogP contribution in [0.4, 0.5) is 0 Å². The molecule has 0 unspecified atom stereocenters. The Bertz CT molecular complexity index is 747. The van der Waals surface area contributed by atoms with Crippen LogP contribution in [-0.2, 0) is 4.79 Å². The molecule has 0 radical (unpaired) electrons. The molecule has 0 heterocycles. The van der Waals surface area contributed by atoms with Crippen molar-refractivity contribution >= 4 is 5.91 Å². The third kappa shape index (κ3) is 41.5. The molecule has 0 spiro atoms. The van der Waals surface area contributed by atoms with Crippen molar-refractivity contribution in [1.29, 1.82) is 0 Å². The van der Waals surface area contributed by atoms with Gasteiger partial charge < -0.3 is 20.6 Å². The van der Waals surface area contributed by atoms with Gasteiger partial charge in [0.05, 0.1) is 18.8 Å². The van der Waals surface area contributed by atoms with Gasteiger partial charge in [-0.25, -0.2) is 0 Å². The minimum absolute atomic E-state index is 0.137. The summed E-state index contributed by atoms with van der Waals surface area (Å²) in [5, 5.41) is 33.7. The van der Waals surface area contributed by atoms with E-state index < -0.39 is 18.2 Å². The third-order valence-electron chi connectivity index (χ3n) is 12.5. The maximum absolute atomic E-state index is 12.5. The van der Waals surface area contributed by atoms with E-state index in [-0.39, 0.29) is 12.5 Å². The highest BCUT2D eigenvalue weighted by Crippen LogP contribution is 2.18. The van der Waals surface area contributed by atoms with E-state index in [1.165, 1.54) is 238 Å². The van der Waals surface area contributed by atoms with Crippen LogP contribution < -0.4 is 5.32 Å². The Morgan fingerprint density at radius 1 is 0.375 bits per heavy atom. The molecule has 0 saturated heterocycles. The lowest BCUT2D eigenvalue weighted by Crippen LogP contribution is -2.50. The molecule has 0 aliphatic heterocycles. The van der Waals surface area contributed by atoms with Crippen molar-refractivity contribution in [2.45, 2.75) is 315 Å². The fourth-order valence-corrected chi connectivity index (χ4v) is 8.46. The summed E-state index contributed by atoms with van der Waals surface area (Å²) in [4.78, 5) is 12.5. The highest BCUT2D eigenvalue weighted by atomic mass is 16.3. The van der Waals surface area contributed by atoms with E-state index in [1.54, 1.807) is 0 Å². The third-order valence-corrected chi connectivity index (χ3v) is 12.5. The zero-order chi connectivity index (χ0) is 40.8. The SMILES string of the molecule is CCCCCCCCCCCCCCCCCCCCCCCCCCCCC(=O)N[C@@H](CO)[C@H](O)[C@H](O)CCCCCCCCCCCCCCCCCC. The number of hydrogen-bond donors (Lipinski definition) is 4. The first-order chi connectivity index (χ1) is 27.6. The average molecular weight is 794 g/mol. The zero-order valence-corrected chi connectivity index (χ0v) is 38.3. The Hall–Kier alpha value is -0.650. The number of unbranched alkanes of at least 4 members (excludes halogenated alkanes) is 40. The zero-order valence-electron chi connectivity index (χ0n) is 38.3. The van der Waals surface area contributed by atoms with Crippen LogP contribution in [0.15, 0.2) is 0 Å². The molecule has 0 aromatic rings. The average Bonchev–Trinajstić information content (AvgIpc) is 3.20. The summed E-state index contributed by atoms with van der Waals surface area (Å²) in [6.07, 6.45) is 55.2. The molecule has 0 aliphatic rings. The highest BCUT2D eigenvalue weighted by molar-refractivity contribution is 5.76. The van der Waals surface area contributed by atoms with E-state index in [4.69, 9.17) is 0 Å². The topological polar surface area (TPSA) is 89.8 Å². The van der Waals surface area contributed by atoms with Crippen LogP contribution in [0.5, 0.6) is 0 Å². The minimum Gasteiger partial charge on any atom is -0.394 e. The monoisotopic (exact) mass is 794 g/mol. The molecule has 0 fully saturated rings. The van der Waals surface area contributed by atoms with E-state index in [0.717, 1.165) is 32.1 Å². The molecule has 0 aliphatic carbocycles. The Morgan fingerprint density at radius 3 is 0.857 bits per heavy atom. The van der Waals surface area contributed by atoms with Crippen molar-refractivity contribution in [2.75, 3.05) is 6.61 Å². The first-order valence-electron chi connectivity index (χ1n) is 25.8. The molecule has 0 saturated carbocycles. The second-order valence-corrected chi connectivity index (χ2v) is 18.1. The second kappa shape index (κ2) is 47.0. The van der Waals surface area contributed by atoms with Gasteiger partial charge in [-0.2, -0.15) is 0 Å². The summed E-state index contributed by atoms with van der Waals surface area (Å²) in [7, 11) is 0. The molecule has 3 atom stereocenters. The molecular formula is C51H103NO4. The molecule has 4 N–H and O–H groups in total. The largest absolute Gasteiger partial charge is 0.394 e. The van der Waals surface area contributed by atoms with Crippen LogP contribution in [0, 0.1) is 0 Å². The summed E-state index contributed by atoms with van der Waals surface area (Å²) in [6.45, 7) is 4.21. The molecular weight excluding hydrogens is 691 g/mol. The number of carbonyl (C=O) groups excluding carboxylic acids is 1. The number of rotatable bonds is 48. The molecule has 0 aromatic carbocycles. The lowest BCUT2D eigenvalue weighted by Gasteiger charge is -2.26. The van der Waals surface area contributed by atoms with Gasteiger partial charge in [-0.3, -0.25) is 4.79 Å². The molecule has 336 valence electrons. The fourth-order valence-electron chi connectivity index (χ4n) is 8.46. The summed E-state index contributed by atoms with van der Waals surface area (Å²) in [6, 6.07) is -0.803. The van der Waals surface area contributed by atoms with Crippen molar-refractivity contribution in [3.63, 3.8) is 0 Å². The first-order valence-corrected chi connectivity index (χ1v) is 25.8. The molecule has 5 heteroatoms. The number of aliphatic hydroxyl groups excluding tert-OH is 3. The van der Waals surface area contributed by atoms with Gasteiger partial charge in [-0.05, 0) is 12.8 Å². The van der Waals surface area contributed by atoms with Crippen molar-refractivity contribution in [2.24, 2.45) is 0 Å². The van der Waals surface area contributed by atoms with E-state index in [0.29, 0.717) is 12.8 Å². The summed E-state index contributed by atoms with van der Waals surface area (Å²) < 4.78 is 0. The van der Waals surface area contributed by atoms with Gasteiger partial charge in [0, 0.05) is 6.42 Å². The molecule has 1 amide bonds. The molecule has 56 heavy (non-hydrogen) atoms. The lowest BCUT2D eigenvalue weighted by molar-refractivity contribution is -0.124. The fraction of sp³-hybridized carbons (Fsp3) is 0.980. The molecule has 5 nitrogen and oxygen atoms in total. The van der Waals surface area contributed by atoms with Crippen LogP contribution in [-0.4, -0.2) is 46.1 Å². The standard InChI is InChI=1S/C51H103NO4/c1-3-5-7-9-11-13-15-17-19-21-22-23-24-25-26-27-28-29-30-32-34-36-38-40-42-44-46-50(55)52-48(47-53)51(56)49(54)45-43-41-39-37-35-33-31-20-18-16-14-12-10-8-6-4-2/h48-49,51,53-54,56H,3-47H2,1-2H3,(H,52,55)/t48-,49+,51-/m0/s1. The predicted molar refractivity (Wildman–Crippen MR) is 246 cm³/mol. The number of aliphatic hydroxyl groups is 3. The Balaban J connectivity index is 3.50.